The molecule has 1 heterocycles. The first-order valence-corrected chi connectivity index (χ1v) is 7.68. The first kappa shape index (κ1) is 16.3. The van der Waals surface area contributed by atoms with Crippen LogP contribution >= 0.6 is 23.2 Å². The first-order valence-electron chi connectivity index (χ1n) is 6.93. The maximum absolute atomic E-state index is 11.4. The van der Waals surface area contributed by atoms with Gasteiger partial charge in [-0.05, 0) is 29.8 Å². The number of nitrogens with two attached hydrogens (primary N) is 1. The van der Waals surface area contributed by atoms with Crippen molar-refractivity contribution in [1.29, 1.82) is 0 Å². The molecule has 122 valence electrons. The van der Waals surface area contributed by atoms with Gasteiger partial charge in [0.25, 0.3) is 5.91 Å². The molecule has 2 aromatic carbocycles. The summed E-state index contributed by atoms with van der Waals surface area (Å²) < 4.78 is 5.84. The van der Waals surface area contributed by atoms with E-state index in [2.05, 4.69) is 15.4 Å². The number of hydrogen-bond donors (Lipinski definition) is 2. The molecular formula is C16H12Cl2N4O2. The molecule has 0 saturated heterocycles. The van der Waals surface area contributed by atoms with Crippen LogP contribution in [0.15, 0.2) is 42.5 Å². The molecular weight excluding hydrogens is 351 g/mol. The van der Waals surface area contributed by atoms with Crippen molar-refractivity contribution >= 4 is 29.1 Å². The van der Waals surface area contributed by atoms with E-state index in [1.54, 1.807) is 30.3 Å². The number of amides is 1. The number of carbonyl (C=O) groups excluding carboxylic acids is 1. The van der Waals surface area contributed by atoms with E-state index in [1.165, 1.54) is 0 Å². The molecule has 0 radical (unpaired) electrons. The first-order chi connectivity index (χ1) is 11.6. The standard InChI is InChI=1S/C16H12Cl2N4O2/c17-11-6-5-9(7-12(11)18)8-24-13-4-2-1-3-10(13)14-15(16(19)23)21-22-20-14/h1-7H,8H2,(H2,19,23)(H,20,21,22). The van der Waals surface area contributed by atoms with Crippen molar-refractivity contribution in [3.63, 3.8) is 0 Å². The van der Waals surface area contributed by atoms with Crippen molar-refractivity contribution in [2.24, 2.45) is 5.73 Å². The van der Waals surface area contributed by atoms with Gasteiger partial charge in [-0.1, -0.05) is 41.4 Å². The van der Waals surface area contributed by atoms with Crippen molar-refractivity contribution in [3.05, 3.63) is 63.8 Å². The number of aromatic nitrogens is 3. The molecule has 0 atom stereocenters. The second-order valence-electron chi connectivity index (χ2n) is 4.92. The maximum Gasteiger partial charge on any atom is 0.271 e. The number of nitrogens with one attached hydrogen (secondary N) is 1. The topological polar surface area (TPSA) is 93.9 Å². The Kier molecular flexibility index (Phi) is 4.69. The number of hydrogen-bond acceptors (Lipinski definition) is 4. The number of carbonyl (C=O) groups is 1. The smallest absolute Gasteiger partial charge is 0.271 e. The van der Waals surface area contributed by atoms with E-state index < -0.39 is 5.91 Å². The van der Waals surface area contributed by atoms with Crippen LogP contribution < -0.4 is 10.5 Å². The SMILES string of the molecule is NC(=O)c1n[nH]nc1-c1ccccc1OCc1ccc(Cl)c(Cl)c1. The quantitative estimate of drug-likeness (QED) is 0.726. The third kappa shape index (κ3) is 3.34. The highest BCUT2D eigenvalue weighted by Crippen LogP contribution is 2.31. The normalized spacial score (nSPS) is 10.6. The van der Waals surface area contributed by atoms with Crippen LogP contribution in [0.1, 0.15) is 16.1 Å². The molecule has 0 unspecified atom stereocenters. The summed E-state index contributed by atoms with van der Waals surface area (Å²) >= 11 is 11.9. The minimum atomic E-state index is -0.668. The number of halogens is 2. The summed E-state index contributed by atoms with van der Waals surface area (Å²) in [5.41, 5.74) is 7.18. The van der Waals surface area contributed by atoms with Gasteiger partial charge in [0, 0.05) is 5.56 Å². The van der Waals surface area contributed by atoms with E-state index in [-0.39, 0.29) is 12.3 Å². The average molecular weight is 363 g/mol. The predicted molar refractivity (Wildman–Crippen MR) is 91.1 cm³/mol. The van der Waals surface area contributed by atoms with Crippen molar-refractivity contribution in [2.45, 2.75) is 6.61 Å². The molecule has 3 rings (SSSR count). The number of primary amides is 1. The van der Waals surface area contributed by atoms with E-state index in [0.29, 0.717) is 27.1 Å². The third-order valence-electron chi connectivity index (χ3n) is 3.30. The zero-order valence-electron chi connectivity index (χ0n) is 12.3. The monoisotopic (exact) mass is 362 g/mol. The number of aromatic amines is 1. The molecule has 6 nitrogen and oxygen atoms in total. The number of benzene rings is 2. The zero-order chi connectivity index (χ0) is 17.1. The van der Waals surface area contributed by atoms with Gasteiger partial charge in [-0.15, -0.1) is 0 Å². The van der Waals surface area contributed by atoms with Crippen LogP contribution in [-0.2, 0) is 6.61 Å². The van der Waals surface area contributed by atoms with Gasteiger partial charge < -0.3 is 10.5 Å². The molecule has 0 aliphatic carbocycles. The van der Waals surface area contributed by atoms with E-state index in [4.69, 9.17) is 33.7 Å². The summed E-state index contributed by atoms with van der Waals surface area (Å²) in [4.78, 5) is 11.4. The molecule has 1 aromatic heterocycles. The number of para-hydroxylation sites is 1. The lowest BCUT2D eigenvalue weighted by Gasteiger charge is -2.11. The largest absolute Gasteiger partial charge is 0.488 e. The Morgan fingerprint density at radius 2 is 1.92 bits per heavy atom. The van der Waals surface area contributed by atoms with Crippen LogP contribution in [0.2, 0.25) is 10.0 Å². The van der Waals surface area contributed by atoms with E-state index in [0.717, 1.165) is 5.56 Å². The Morgan fingerprint density at radius 1 is 1.12 bits per heavy atom. The molecule has 8 heteroatoms. The Bertz CT molecular complexity index is 895. The molecule has 0 spiro atoms. The van der Waals surface area contributed by atoms with Crippen molar-refractivity contribution < 1.29 is 9.53 Å². The van der Waals surface area contributed by atoms with Gasteiger partial charge in [0.1, 0.15) is 18.1 Å². The second kappa shape index (κ2) is 6.90. The van der Waals surface area contributed by atoms with Crippen LogP contribution in [-0.4, -0.2) is 21.3 Å². The molecule has 0 bridgehead atoms. The van der Waals surface area contributed by atoms with Gasteiger partial charge >= 0.3 is 0 Å². The van der Waals surface area contributed by atoms with E-state index in [1.807, 2.05) is 12.1 Å². The summed E-state index contributed by atoms with van der Waals surface area (Å²) in [6.07, 6.45) is 0. The number of ether oxygens (including phenoxy) is 1. The molecule has 0 aliphatic rings. The molecule has 0 saturated carbocycles. The highest BCUT2D eigenvalue weighted by atomic mass is 35.5. The molecule has 3 aromatic rings. The number of rotatable bonds is 5. The van der Waals surface area contributed by atoms with Gasteiger partial charge in [-0.2, -0.15) is 15.4 Å². The lowest BCUT2D eigenvalue weighted by molar-refractivity contribution is 0.0996. The Balaban J connectivity index is 1.88. The fraction of sp³-hybridized carbons (Fsp3) is 0.0625. The molecule has 0 fully saturated rings. The van der Waals surface area contributed by atoms with Crippen LogP contribution in [0.3, 0.4) is 0 Å². The lowest BCUT2D eigenvalue weighted by atomic mass is 10.1. The number of nitrogens with zero attached hydrogens (tertiary/aromatic N) is 2. The summed E-state index contributed by atoms with van der Waals surface area (Å²) in [7, 11) is 0. The Hall–Kier alpha value is -2.57. The van der Waals surface area contributed by atoms with E-state index in [9.17, 15) is 4.79 Å². The van der Waals surface area contributed by atoms with Crippen molar-refractivity contribution in [1.82, 2.24) is 15.4 Å². The molecule has 3 N–H and O–H groups in total. The van der Waals surface area contributed by atoms with Gasteiger partial charge in [-0.3, -0.25) is 4.79 Å². The van der Waals surface area contributed by atoms with Crippen molar-refractivity contribution in [3.8, 4) is 17.0 Å². The van der Waals surface area contributed by atoms with Gasteiger partial charge in [0.15, 0.2) is 5.69 Å². The highest BCUT2D eigenvalue weighted by molar-refractivity contribution is 6.42. The summed E-state index contributed by atoms with van der Waals surface area (Å²) in [6, 6.07) is 12.4. The number of H-pyrrole nitrogens is 1. The molecule has 1 amide bonds. The summed E-state index contributed by atoms with van der Waals surface area (Å²) in [5.74, 6) is -0.127. The molecule has 24 heavy (non-hydrogen) atoms. The second-order valence-corrected chi connectivity index (χ2v) is 5.73. The lowest BCUT2D eigenvalue weighted by Crippen LogP contribution is -2.13. The van der Waals surface area contributed by atoms with Crippen LogP contribution in [0, 0.1) is 0 Å². The highest BCUT2D eigenvalue weighted by Gasteiger charge is 2.18. The predicted octanol–water partition coefficient (Wildman–Crippen LogP) is 3.46. The summed E-state index contributed by atoms with van der Waals surface area (Å²) in [5, 5.41) is 11.1. The summed E-state index contributed by atoms with van der Waals surface area (Å²) in [6.45, 7) is 0.275. The fourth-order valence-electron chi connectivity index (χ4n) is 2.17. The zero-order valence-corrected chi connectivity index (χ0v) is 13.8. The minimum Gasteiger partial charge on any atom is -0.488 e. The van der Waals surface area contributed by atoms with Crippen LogP contribution in [0.5, 0.6) is 5.75 Å². The third-order valence-corrected chi connectivity index (χ3v) is 4.04. The van der Waals surface area contributed by atoms with Gasteiger partial charge in [-0.25, -0.2) is 0 Å². The minimum absolute atomic E-state index is 0.0561. The Morgan fingerprint density at radius 3 is 2.67 bits per heavy atom. The molecule has 0 aliphatic heterocycles. The van der Waals surface area contributed by atoms with Crippen LogP contribution in [0.4, 0.5) is 0 Å². The Labute approximate surface area is 147 Å². The van der Waals surface area contributed by atoms with E-state index >= 15 is 0 Å². The average Bonchev–Trinajstić information content (AvgIpc) is 3.06. The van der Waals surface area contributed by atoms with Gasteiger partial charge in [0.2, 0.25) is 0 Å². The fourth-order valence-corrected chi connectivity index (χ4v) is 2.49. The maximum atomic E-state index is 11.4. The van der Waals surface area contributed by atoms with Crippen molar-refractivity contribution in [2.75, 3.05) is 0 Å². The van der Waals surface area contributed by atoms with Gasteiger partial charge in [0.05, 0.1) is 10.0 Å². The van der Waals surface area contributed by atoms with Crippen LogP contribution in [0.25, 0.3) is 11.3 Å².